The number of nitro groups is 1. The van der Waals surface area contributed by atoms with Crippen LogP contribution in [0.4, 0.5) is 0 Å². The van der Waals surface area contributed by atoms with Gasteiger partial charge in [-0.15, -0.1) is 0 Å². The van der Waals surface area contributed by atoms with E-state index in [1.165, 1.54) is 0 Å². The van der Waals surface area contributed by atoms with Crippen LogP contribution in [0, 0.1) is 10.1 Å². The highest BCUT2D eigenvalue weighted by Crippen LogP contribution is 2.07. The van der Waals surface area contributed by atoms with Crippen LogP contribution in [0.25, 0.3) is 0 Å². The molecule has 0 aromatic heterocycles. The van der Waals surface area contributed by atoms with Crippen molar-refractivity contribution in [3.8, 4) is 0 Å². The number of hydrogen-bond acceptors (Lipinski definition) is 3. The van der Waals surface area contributed by atoms with E-state index in [4.69, 9.17) is 0 Å². The van der Waals surface area contributed by atoms with Gasteiger partial charge in [-0.3, -0.25) is 10.1 Å². The van der Waals surface area contributed by atoms with E-state index in [9.17, 15) is 10.1 Å². The SMILES string of the molecule is O=[N+]([O-])C[C@H]1CO1. The van der Waals surface area contributed by atoms with E-state index in [2.05, 4.69) is 4.74 Å². The van der Waals surface area contributed by atoms with Gasteiger partial charge in [-0.2, -0.15) is 0 Å². The molecule has 0 aromatic carbocycles. The van der Waals surface area contributed by atoms with Crippen molar-refractivity contribution in [1.29, 1.82) is 0 Å². The first-order chi connectivity index (χ1) is 3.29. The Morgan fingerprint density at radius 1 is 2.00 bits per heavy atom. The van der Waals surface area contributed by atoms with Gasteiger partial charge in [0, 0.05) is 4.92 Å². The summed E-state index contributed by atoms with van der Waals surface area (Å²) in [5.74, 6) is 0. The van der Waals surface area contributed by atoms with Crippen molar-refractivity contribution in [3.63, 3.8) is 0 Å². The highest BCUT2D eigenvalue weighted by molar-refractivity contribution is 4.65. The number of hydrogen-bond donors (Lipinski definition) is 0. The average molecular weight is 103 g/mol. The van der Waals surface area contributed by atoms with E-state index in [0.717, 1.165) is 0 Å². The minimum atomic E-state index is -0.363. The summed E-state index contributed by atoms with van der Waals surface area (Å²) in [6.07, 6.45) is -0.0741. The zero-order valence-electron chi connectivity index (χ0n) is 3.66. The molecule has 1 aliphatic heterocycles. The van der Waals surface area contributed by atoms with Gasteiger partial charge in [-0.25, -0.2) is 0 Å². The van der Waals surface area contributed by atoms with Crippen molar-refractivity contribution in [2.75, 3.05) is 13.2 Å². The summed E-state index contributed by atoms with van der Waals surface area (Å²) in [5, 5.41) is 9.58. The molecule has 0 spiro atoms. The fourth-order valence-corrected chi connectivity index (χ4v) is 0.340. The van der Waals surface area contributed by atoms with Crippen molar-refractivity contribution < 1.29 is 9.66 Å². The second-order valence-electron chi connectivity index (χ2n) is 1.47. The van der Waals surface area contributed by atoms with Crippen LogP contribution in [0.15, 0.2) is 0 Å². The van der Waals surface area contributed by atoms with E-state index >= 15 is 0 Å². The molecule has 0 N–H and O–H groups in total. The Bertz CT molecular complexity index is 88.2. The Morgan fingerprint density at radius 2 is 2.57 bits per heavy atom. The van der Waals surface area contributed by atoms with Crippen LogP contribution in [-0.2, 0) is 4.74 Å². The zero-order chi connectivity index (χ0) is 5.28. The highest BCUT2D eigenvalue weighted by Gasteiger charge is 2.27. The Balaban J connectivity index is 2.08. The van der Waals surface area contributed by atoms with Gasteiger partial charge in [0.2, 0.25) is 6.54 Å². The second-order valence-corrected chi connectivity index (χ2v) is 1.47. The van der Waals surface area contributed by atoms with Crippen LogP contribution < -0.4 is 0 Å². The van der Waals surface area contributed by atoms with E-state index in [1.54, 1.807) is 0 Å². The molecule has 1 aliphatic rings. The number of nitrogens with zero attached hydrogens (tertiary/aromatic N) is 1. The molecule has 0 aromatic rings. The third-order valence-corrected chi connectivity index (χ3v) is 0.755. The second kappa shape index (κ2) is 1.46. The summed E-state index contributed by atoms with van der Waals surface area (Å²) in [7, 11) is 0. The van der Waals surface area contributed by atoms with Gasteiger partial charge in [0.1, 0.15) is 6.10 Å². The van der Waals surface area contributed by atoms with Crippen LogP contribution >= 0.6 is 0 Å². The highest BCUT2D eigenvalue weighted by atomic mass is 16.6. The number of epoxide rings is 1. The summed E-state index contributed by atoms with van der Waals surface area (Å²) in [6.45, 7) is 0.543. The average Bonchev–Trinajstić information content (AvgIpc) is 2.17. The summed E-state index contributed by atoms with van der Waals surface area (Å²) in [4.78, 5) is 9.21. The summed E-state index contributed by atoms with van der Waals surface area (Å²) in [6, 6.07) is 0. The maximum Gasteiger partial charge on any atom is 0.231 e. The van der Waals surface area contributed by atoms with E-state index in [-0.39, 0.29) is 17.6 Å². The lowest BCUT2D eigenvalue weighted by molar-refractivity contribution is -0.481. The minimum Gasteiger partial charge on any atom is -0.366 e. The molecular formula is C3H5NO3. The molecule has 1 heterocycles. The van der Waals surface area contributed by atoms with Gasteiger partial charge in [0.25, 0.3) is 0 Å². The molecule has 1 rings (SSSR count). The fourth-order valence-electron chi connectivity index (χ4n) is 0.340. The van der Waals surface area contributed by atoms with E-state index in [1.807, 2.05) is 0 Å². The van der Waals surface area contributed by atoms with Crippen molar-refractivity contribution in [1.82, 2.24) is 0 Å². The van der Waals surface area contributed by atoms with Crippen molar-refractivity contribution >= 4 is 0 Å². The summed E-state index contributed by atoms with van der Waals surface area (Å²) >= 11 is 0. The quantitative estimate of drug-likeness (QED) is 0.273. The normalized spacial score (nSPS) is 27.1. The summed E-state index contributed by atoms with van der Waals surface area (Å²) in [5.41, 5.74) is 0. The van der Waals surface area contributed by atoms with Gasteiger partial charge in [0.05, 0.1) is 6.61 Å². The molecule has 1 atom stereocenters. The largest absolute Gasteiger partial charge is 0.366 e. The van der Waals surface area contributed by atoms with Gasteiger partial charge >= 0.3 is 0 Å². The molecule has 1 saturated heterocycles. The lowest BCUT2D eigenvalue weighted by atomic mass is 10.5. The van der Waals surface area contributed by atoms with Crippen molar-refractivity contribution in [2.45, 2.75) is 6.10 Å². The number of ether oxygens (including phenoxy) is 1. The lowest BCUT2D eigenvalue weighted by Gasteiger charge is -1.80. The molecule has 0 amide bonds. The predicted octanol–water partition coefficient (Wildman–Crippen LogP) is -0.338. The van der Waals surface area contributed by atoms with Crippen molar-refractivity contribution in [2.24, 2.45) is 0 Å². The molecule has 1 fully saturated rings. The first kappa shape index (κ1) is 4.52. The minimum absolute atomic E-state index is 0.0278. The first-order valence-electron chi connectivity index (χ1n) is 2.02. The first-order valence-corrected chi connectivity index (χ1v) is 2.02. The smallest absolute Gasteiger partial charge is 0.231 e. The maximum absolute atomic E-state index is 9.58. The Morgan fingerprint density at radius 3 is 2.71 bits per heavy atom. The standard InChI is InChI=1S/C3H5NO3/c5-4(6)1-3-2-7-3/h3H,1-2H2/t3-/m0/s1. The van der Waals surface area contributed by atoms with E-state index < -0.39 is 0 Å². The predicted molar refractivity (Wildman–Crippen MR) is 21.6 cm³/mol. The molecule has 0 unspecified atom stereocenters. The molecule has 0 saturated carbocycles. The molecular weight excluding hydrogens is 98.0 g/mol. The Hall–Kier alpha value is -0.640. The third-order valence-electron chi connectivity index (χ3n) is 0.755. The van der Waals surface area contributed by atoms with Crippen LogP contribution in [0.2, 0.25) is 0 Å². The zero-order valence-corrected chi connectivity index (χ0v) is 3.66. The van der Waals surface area contributed by atoms with Crippen molar-refractivity contribution in [3.05, 3.63) is 10.1 Å². The monoisotopic (exact) mass is 103 g/mol. The molecule has 7 heavy (non-hydrogen) atoms. The number of rotatable bonds is 2. The Labute approximate surface area is 40.2 Å². The molecule has 4 heteroatoms. The van der Waals surface area contributed by atoms with Gasteiger partial charge in [0.15, 0.2) is 0 Å². The molecule has 4 nitrogen and oxygen atoms in total. The lowest BCUT2D eigenvalue weighted by Crippen LogP contribution is -2.06. The van der Waals surface area contributed by atoms with Gasteiger partial charge < -0.3 is 4.74 Å². The third kappa shape index (κ3) is 1.50. The summed E-state index contributed by atoms with van der Waals surface area (Å²) < 4.78 is 4.58. The van der Waals surface area contributed by atoms with Crippen LogP contribution in [-0.4, -0.2) is 24.2 Å². The molecule has 40 valence electrons. The van der Waals surface area contributed by atoms with Gasteiger partial charge in [-0.05, 0) is 0 Å². The topological polar surface area (TPSA) is 55.7 Å². The molecule has 0 bridgehead atoms. The van der Waals surface area contributed by atoms with Crippen LogP contribution in [0.5, 0.6) is 0 Å². The fraction of sp³-hybridized carbons (Fsp3) is 1.00. The van der Waals surface area contributed by atoms with Crippen LogP contribution in [0.3, 0.4) is 0 Å². The van der Waals surface area contributed by atoms with Gasteiger partial charge in [-0.1, -0.05) is 0 Å². The maximum atomic E-state index is 9.58. The Kier molecular flexibility index (Phi) is 0.941. The molecule has 0 aliphatic carbocycles. The van der Waals surface area contributed by atoms with E-state index in [0.29, 0.717) is 6.61 Å². The molecule has 0 radical (unpaired) electrons. The van der Waals surface area contributed by atoms with Crippen LogP contribution in [0.1, 0.15) is 0 Å².